The summed E-state index contributed by atoms with van der Waals surface area (Å²) in [5, 5.41) is 58.0. The van der Waals surface area contributed by atoms with Crippen LogP contribution in [0.15, 0.2) is 316 Å². The van der Waals surface area contributed by atoms with Crippen LogP contribution < -0.4 is 0 Å². The molecule has 10 rings (SSSR count). The smallest absolute Gasteiger partial charge is 0.303 e. The van der Waals surface area contributed by atoms with E-state index < -0.39 is 35.8 Å². The zero-order valence-electron chi connectivity index (χ0n) is 82.9. The van der Waals surface area contributed by atoms with Crippen LogP contribution in [0.5, 0.6) is 0 Å². The highest BCUT2D eigenvalue weighted by molar-refractivity contribution is 8.78. The molecule has 144 heavy (non-hydrogen) atoms. The first-order chi connectivity index (χ1) is 70.4. The molecular weight excluding hydrogens is 2120 g/mol. The number of carboxylic acids is 6. The summed E-state index contributed by atoms with van der Waals surface area (Å²) in [6.45, 7) is 2.19. The van der Waals surface area contributed by atoms with Gasteiger partial charge in [-0.25, -0.2) is 9.97 Å². The number of rotatable bonds is 74. The SMILES string of the molecule is CCSC(CCCCC(=O)O)CCSc1ccccc1.O=C(O)CCCCC(CCS)SCc1ccccc1.O=C(O)CCCCC(CCSCc1ccccc1)Sc1ccccc1.O=C(O)CCCCC(CCSSCc1ccccc1)SSCc1ccccc1.O=C(O)CCCCC(CCSSc1ccccc1)SCc1ccccc1.O=C(O)CCCCC(CCSSc1ccccn1)SSc1ccccn1. The number of unbranched alkanes of at least 4 members (excludes halogenated alkanes) is 6. The van der Waals surface area contributed by atoms with Crippen LogP contribution in [-0.2, 0) is 57.5 Å². The zero-order chi connectivity index (χ0) is 103. The molecule has 2 aromatic heterocycles. The summed E-state index contributed by atoms with van der Waals surface area (Å²) in [7, 11) is 18.6. The highest BCUT2D eigenvalue weighted by atomic mass is 33.1. The number of carbonyl (C=O) groups is 6. The van der Waals surface area contributed by atoms with E-state index in [2.05, 4.69) is 248 Å². The second-order valence-corrected chi connectivity index (χ2v) is 54.2. The Bertz CT molecular complexity index is 4650. The Morgan fingerprint density at radius 2 is 0.576 bits per heavy atom. The van der Waals surface area contributed by atoms with Gasteiger partial charge in [0.05, 0.1) is 0 Å². The number of thiol groups is 1. The summed E-state index contributed by atoms with van der Waals surface area (Å²) in [6.07, 6.45) is 29.4. The lowest BCUT2D eigenvalue weighted by Gasteiger charge is -2.16. The van der Waals surface area contributed by atoms with E-state index in [0.717, 1.165) is 220 Å². The molecule has 0 spiro atoms. The minimum Gasteiger partial charge on any atom is -0.481 e. The lowest BCUT2D eigenvalue weighted by atomic mass is 10.1. The van der Waals surface area contributed by atoms with Gasteiger partial charge in [0.15, 0.2) is 0 Å². The van der Waals surface area contributed by atoms with Crippen molar-refractivity contribution in [2.75, 3.05) is 40.3 Å². The number of thioether (sulfide) groups is 6. The van der Waals surface area contributed by atoms with Gasteiger partial charge in [0.25, 0.3) is 0 Å². The first kappa shape index (κ1) is 129. The van der Waals surface area contributed by atoms with E-state index in [1.54, 1.807) is 21.6 Å². The van der Waals surface area contributed by atoms with Gasteiger partial charge in [-0.05, 0) is 249 Å². The van der Waals surface area contributed by atoms with Crippen molar-refractivity contribution in [1.82, 2.24) is 9.97 Å². The number of hydrogen-bond donors (Lipinski definition) is 7. The average Bonchev–Trinajstić information content (AvgIpc) is 0.925. The topological polar surface area (TPSA) is 250 Å². The van der Waals surface area contributed by atoms with Gasteiger partial charge in [0, 0.05) is 143 Å². The summed E-state index contributed by atoms with van der Waals surface area (Å²) in [5.74, 6) is 8.65. The Kier molecular flexibility index (Phi) is 81.3. The summed E-state index contributed by atoms with van der Waals surface area (Å²) in [4.78, 5) is 76.3. The molecule has 0 aliphatic carbocycles. The Labute approximate surface area is 930 Å². The average molecular weight is 2270 g/mol. The number of hydrogen-bond acceptors (Lipinski definition) is 25. The third-order valence-corrected chi connectivity index (χ3v) is 42.0. The number of pyridine rings is 2. The summed E-state index contributed by atoms with van der Waals surface area (Å²) >= 11 is 16.1. The molecule has 0 saturated carbocycles. The van der Waals surface area contributed by atoms with Crippen molar-refractivity contribution in [2.45, 2.75) is 285 Å². The summed E-state index contributed by atoms with van der Waals surface area (Å²) < 4.78 is 0. The van der Waals surface area contributed by atoms with E-state index in [4.69, 9.17) is 30.6 Å². The van der Waals surface area contributed by atoms with Crippen molar-refractivity contribution in [3.8, 4) is 0 Å². The predicted octanol–water partition coefficient (Wildman–Crippen LogP) is 35.7. The minimum absolute atomic E-state index is 0.259. The molecule has 0 aliphatic rings. The number of nitrogens with zero attached hydrogens (tertiary/aromatic N) is 2. The molecular formula is C113H148N2O12S17. The number of benzene rings is 8. The van der Waals surface area contributed by atoms with Gasteiger partial charge < -0.3 is 30.6 Å². The monoisotopic (exact) mass is 2270 g/mol. The van der Waals surface area contributed by atoms with Crippen molar-refractivity contribution in [2.24, 2.45) is 0 Å². The van der Waals surface area contributed by atoms with E-state index >= 15 is 0 Å². The molecule has 0 radical (unpaired) electrons. The minimum atomic E-state index is -0.709. The largest absolute Gasteiger partial charge is 0.481 e. The van der Waals surface area contributed by atoms with Crippen LogP contribution in [0.1, 0.15) is 227 Å². The third-order valence-electron chi connectivity index (χ3n) is 21.3. The van der Waals surface area contributed by atoms with Gasteiger partial charge in [-0.2, -0.15) is 59.7 Å². The Hall–Kier alpha value is -5.17. The lowest BCUT2D eigenvalue weighted by Crippen LogP contribution is -2.05. The van der Waals surface area contributed by atoms with Crippen LogP contribution in [0.3, 0.4) is 0 Å². The highest BCUT2D eigenvalue weighted by Gasteiger charge is 2.19. The predicted molar refractivity (Wildman–Crippen MR) is 647 cm³/mol. The quantitative estimate of drug-likeness (QED) is 0.00810. The van der Waals surface area contributed by atoms with E-state index in [1.165, 1.54) is 55.3 Å². The molecule has 14 nitrogen and oxygen atoms in total. The van der Waals surface area contributed by atoms with Crippen LogP contribution in [-0.4, -0.2) is 148 Å². The number of aromatic nitrogens is 2. The molecule has 6 N–H and O–H groups in total. The van der Waals surface area contributed by atoms with Crippen LogP contribution in [0.2, 0.25) is 0 Å². The Balaban J connectivity index is 0.000000306. The molecule has 0 aliphatic heterocycles. The molecule has 10 aromatic rings. The maximum atomic E-state index is 10.7. The molecule has 0 saturated heterocycles. The number of carboxylic acid groups (broad SMARTS) is 6. The number of aliphatic carboxylic acids is 6. The first-order valence-corrected chi connectivity index (χ1v) is 68.2. The van der Waals surface area contributed by atoms with Crippen molar-refractivity contribution in [3.63, 3.8) is 0 Å². The van der Waals surface area contributed by atoms with Gasteiger partial charge in [-0.15, -0.1) is 23.5 Å². The first-order valence-electron chi connectivity index (χ1n) is 49.6. The van der Waals surface area contributed by atoms with Crippen LogP contribution >= 0.6 is 191 Å². The van der Waals surface area contributed by atoms with Crippen molar-refractivity contribution >= 4 is 227 Å². The molecule has 0 bridgehead atoms. The van der Waals surface area contributed by atoms with Crippen LogP contribution in [0.25, 0.3) is 0 Å². The molecule has 6 atom stereocenters. The lowest BCUT2D eigenvalue weighted by molar-refractivity contribution is -0.138. The van der Waals surface area contributed by atoms with E-state index in [-0.39, 0.29) is 32.1 Å². The molecule has 6 unspecified atom stereocenters. The Morgan fingerprint density at radius 3 is 0.979 bits per heavy atom. The molecule has 31 heteroatoms. The maximum Gasteiger partial charge on any atom is 0.303 e. The molecule has 784 valence electrons. The Morgan fingerprint density at radius 1 is 0.264 bits per heavy atom. The van der Waals surface area contributed by atoms with Crippen molar-refractivity contribution in [1.29, 1.82) is 0 Å². The standard InChI is InChI=1S/C22H28O2S4.C21H26O2S3.C21H26O2S2.C18H22N2O2S4.C16H24O2S2.C15H22O2S2/c23-22(24)14-8-7-13-21(28-27-18-20-11-5-2-6-12-20)15-16-25-26-17-19-9-3-1-4-10-19;22-21(23)14-8-7-11-19(24-17-18-9-3-1-4-10-18)15-16-25-26-20-12-5-2-6-13-20;22-21(23)14-8-7-13-20(25-19-11-5-2-6-12-19)15-16-24-17-18-9-3-1-4-10-18;21-18(22)10-2-1-7-15(24-26-17-9-4-6-13-20-17)11-14-23-25-16-8-3-5-12-19-16;1-2-19-15(10-6-7-11-16(17)18)12-13-20-14-8-4-3-5-9-14;16-15(17)9-5-4-8-14(10-11-18)19-12-13-6-2-1-3-7-13/h1-6,9-12,21H,7-8,13-18H2,(H,23,24);1-6,9-10,12-13,19H,7-8,11,14-17H2,(H,22,23);1-6,9-12,20H,7-8,13-17H2,(H,22,23);3-6,8-9,12-13,15H,1-2,7,10-11,14H2,(H,21,22);3-5,8-9,15H,2,6-7,10-13H2,1H3,(H,17,18);1-3,6-7,14,18H,4-5,8-12H2,(H,16,17). The van der Waals surface area contributed by atoms with Gasteiger partial charge in [0.1, 0.15) is 10.1 Å². The highest BCUT2D eigenvalue weighted by Crippen LogP contribution is 2.42. The maximum absolute atomic E-state index is 10.7. The fourth-order valence-electron chi connectivity index (χ4n) is 13.7. The molecule has 0 fully saturated rings. The van der Waals surface area contributed by atoms with Gasteiger partial charge >= 0.3 is 35.8 Å². The van der Waals surface area contributed by atoms with E-state index in [9.17, 15) is 28.8 Å². The van der Waals surface area contributed by atoms with Crippen molar-refractivity contribution < 1.29 is 59.4 Å². The van der Waals surface area contributed by atoms with Gasteiger partial charge in [-0.3, -0.25) is 28.8 Å². The third kappa shape index (κ3) is 75.5. The van der Waals surface area contributed by atoms with Gasteiger partial charge in [0.2, 0.25) is 0 Å². The molecule has 0 amide bonds. The van der Waals surface area contributed by atoms with Crippen LogP contribution in [0, 0.1) is 0 Å². The molecule has 8 aromatic carbocycles. The van der Waals surface area contributed by atoms with Crippen LogP contribution in [0.4, 0.5) is 0 Å². The second-order valence-electron chi connectivity index (χ2n) is 33.3. The van der Waals surface area contributed by atoms with Crippen molar-refractivity contribution in [3.05, 3.63) is 319 Å². The summed E-state index contributed by atoms with van der Waals surface area (Å²) in [5.41, 5.74) is 6.82. The zero-order valence-corrected chi connectivity index (χ0v) is 96.8. The van der Waals surface area contributed by atoms with Gasteiger partial charge in [-0.1, -0.05) is 350 Å². The second kappa shape index (κ2) is 90.5. The fraction of sp³-hybridized carbons (Fsp3) is 0.434. The fourth-order valence-corrected chi connectivity index (χ4v) is 33.4. The normalized spacial score (nSPS) is 12.1. The summed E-state index contributed by atoms with van der Waals surface area (Å²) in [6, 6.07) is 96.2. The van der Waals surface area contributed by atoms with E-state index in [1.807, 2.05) is 230 Å². The molecule has 2 heterocycles. The van der Waals surface area contributed by atoms with E-state index in [0.29, 0.717) is 37.9 Å².